The van der Waals surface area contributed by atoms with Crippen molar-refractivity contribution in [3.05, 3.63) is 30.4 Å². The van der Waals surface area contributed by atoms with E-state index in [1.807, 2.05) is 4.90 Å². The first kappa shape index (κ1) is 16.4. The van der Waals surface area contributed by atoms with Crippen molar-refractivity contribution in [3.8, 4) is 0 Å². The van der Waals surface area contributed by atoms with Gasteiger partial charge in [-0.2, -0.15) is 0 Å². The fourth-order valence-electron chi connectivity index (χ4n) is 4.15. The van der Waals surface area contributed by atoms with Crippen LogP contribution in [0.1, 0.15) is 32.1 Å². The van der Waals surface area contributed by atoms with Gasteiger partial charge in [-0.25, -0.2) is 14.4 Å². The van der Waals surface area contributed by atoms with Crippen LogP contribution in [0.5, 0.6) is 0 Å². The van der Waals surface area contributed by atoms with Crippen LogP contribution >= 0.6 is 0 Å². The van der Waals surface area contributed by atoms with E-state index in [4.69, 9.17) is 4.74 Å². The molecule has 1 aliphatic carbocycles. The number of anilines is 1. The summed E-state index contributed by atoms with van der Waals surface area (Å²) in [6.45, 7) is 2.03. The van der Waals surface area contributed by atoms with Crippen LogP contribution < -0.4 is 5.32 Å². The van der Waals surface area contributed by atoms with Crippen molar-refractivity contribution in [2.45, 2.75) is 43.7 Å². The van der Waals surface area contributed by atoms with Gasteiger partial charge in [0.25, 0.3) is 0 Å². The minimum Gasteiger partial charge on any atom is -0.371 e. The summed E-state index contributed by atoms with van der Waals surface area (Å²) in [6.07, 6.45) is 10.9. The van der Waals surface area contributed by atoms with Gasteiger partial charge in [-0.05, 0) is 25.7 Å². The number of nitrogens with one attached hydrogen (secondary N) is 1. The van der Waals surface area contributed by atoms with Gasteiger partial charge in [0, 0.05) is 25.4 Å². The second-order valence-corrected chi connectivity index (χ2v) is 7.27. The molecule has 1 aromatic rings. The van der Waals surface area contributed by atoms with E-state index in [-0.39, 0.29) is 23.5 Å². The largest absolute Gasteiger partial charge is 0.371 e. The zero-order chi connectivity index (χ0) is 17.3. The molecule has 7 heteroatoms. The summed E-state index contributed by atoms with van der Waals surface area (Å²) < 4.78 is 19.0. The smallest absolute Gasteiger partial charge is 0.226 e. The predicted octanol–water partition coefficient (Wildman–Crippen LogP) is 2.14. The number of ether oxygens (including phenoxy) is 1. The topological polar surface area (TPSA) is 67.4 Å². The van der Waals surface area contributed by atoms with Crippen molar-refractivity contribution in [2.24, 2.45) is 5.92 Å². The Hall–Kier alpha value is -2.02. The molecule has 6 nitrogen and oxygen atoms in total. The van der Waals surface area contributed by atoms with E-state index in [1.54, 1.807) is 0 Å². The third kappa shape index (κ3) is 3.51. The summed E-state index contributed by atoms with van der Waals surface area (Å²) in [5.74, 6) is 0.324. The highest BCUT2D eigenvalue weighted by molar-refractivity contribution is 5.80. The lowest BCUT2D eigenvalue weighted by molar-refractivity contribution is -0.143. The van der Waals surface area contributed by atoms with Crippen LogP contribution in [0.25, 0.3) is 0 Å². The Morgan fingerprint density at radius 3 is 2.84 bits per heavy atom. The Labute approximate surface area is 146 Å². The molecule has 0 radical (unpaired) electrons. The number of halogens is 1. The molecule has 2 unspecified atom stereocenters. The molecule has 2 atom stereocenters. The SMILES string of the molecule is O=C(C1CC=CC1)N1CCCC2(CC(Nc3ncc(F)cn3)CO2)C1. The third-order valence-corrected chi connectivity index (χ3v) is 5.37. The quantitative estimate of drug-likeness (QED) is 0.850. The van der Waals surface area contributed by atoms with Gasteiger partial charge in [0.1, 0.15) is 0 Å². The maximum absolute atomic E-state index is 12.9. The van der Waals surface area contributed by atoms with Crippen molar-refractivity contribution in [1.29, 1.82) is 0 Å². The molecule has 2 fully saturated rings. The number of aromatic nitrogens is 2. The molecule has 4 rings (SSSR count). The first-order valence-corrected chi connectivity index (χ1v) is 8.95. The molecule has 2 saturated heterocycles. The first-order valence-electron chi connectivity index (χ1n) is 8.95. The lowest BCUT2D eigenvalue weighted by Gasteiger charge is -2.40. The van der Waals surface area contributed by atoms with Crippen LogP contribution in [0.15, 0.2) is 24.5 Å². The van der Waals surface area contributed by atoms with E-state index in [0.717, 1.165) is 51.0 Å². The van der Waals surface area contributed by atoms with Gasteiger partial charge in [0.2, 0.25) is 11.9 Å². The van der Waals surface area contributed by atoms with Gasteiger partial charge in [-0.15, -0.1) is 0 Å². The number of rotatable bonds is 3. The van der Waals surface area contributed by atoms with E-state index in [9.17, 15) is 9.18 Å². The van der Waals surface area contributed by atoms with E-state index in [2.05, 4.69) is 27.4 Å². The van der Waals surface area contributed by atoms with E-state index in [0.29, 0.717) is 19.1 Å². The van der Waals surface area contributed by atoms with Crippen molar-refractivity contribution in [3.63, 3.8) is 0 Å². The van der Waals surface area contributed by atoms with Crippen LogP contribution in [0, 0.1) is 11.7 Å². The molecule has 3 heterocycles. The minimum atomic E-state index is -0.451. The van der Waals surface area contributed by atoms with Gasteiger partial charge in [-0.1, -0.05) is 12.2 Å². The fourth-order valence-corrected chi connectivity index (χ4v) is 4.15. The highest BCUT2D eigenvalue weighted by Gasteiger charge is 2.45. The lowest BCUT2D eigenvalue weighted by Crippen LogP contribution is -2.51. The van der Waals surface area contributed by atoms with Gasteiger partial charge in [-0.3, -0.25) is 4.79 Å². The average Bonchev–Trinajstić information content (AvgIpc) is 3.27. The second kappa shape index (κ2) is 6.71. The Morgan fingerprint density at radius 2 is 2.08 bits per heavy atom. The number of piperidine rings is 1. The highest BCUT2D eigenvalue weighted by atomic mass is 19.1. The number of allylic oxidation sites excluding steroid dienone is 2. The second-order valence-electron chi connectivity index (χ2n) is 7.27. The molecule has 0 saturated carbocycles. The van der Waals surface area contributed by atoms with E-state index >= 15 is 0 Å². The Kier molecular flexibility index (Phi) is 4.41. The molecule has 3 aliphatic rings. The molecular weight excluding hydrogens is 323 g/mol. The first-order chi connectivity index (χ1) is 12.1. The monoisotopic (exact) mass is 346 g/mol. The van der Waals surface area contributed by atoms with E-state index in [1.165, 1.54) is 0 Å². The van der Waals surface area contributed by atoms with Gasteiger partial charge < -0.3 is 15.0 Å². The summed E-state index contributed by atoms with van der Waals surface area (Å²) in [4.78, 5) is 22.6. The average molecular weight is 346 g/mol. The molecule has 25 heavy (non-hydrogen) atoms. The maximum atomic E-state index is 12.9. The Morgan fingerprint density at radius 1 is 1.32 bits per heavy atom. The number of amides is 1. The fraction of sp³-hybridized carbons (Fsp3) is 0.611. The van der Waals surface area contributed by atoms with Crippen LogP contribution in [-0.2, 0) is 9.53 Å². The number of nitrogens with zero attached hydrogens (tertiary/aromatic N) is 3. The van der Waals surface area contributed by atoms with Crippen LogP contribution in [-0.4, -0.2) is 52.1 Å². The standard InChI is InChI=1S/C18H23FN4O2/c19-14-9-20-17(21-10-14)22-15-8-18(25-11-15)6-3-7-23(12-18)16(24)13-4-1-2-5-13/h1-2,9-10,13,15H,3-8,11-12H2,(H,20,21,22). The molecule has 2 aliphatic heterocycles. The van der Waals surface area contributed by atoms with Gasteiger partial charge >= 0.3 is 0 Å². The number of carbonyl (C=O) groups is 1. The van der Waals surface area contributed by atoms with Gasteiger partial charge in [0.15, 0.2) is 5.82 Å². The number of likely N-dealkylation sites (tertiary alicyclic amines) is 1. The van der Waals surface area contributed by atoms with Crippen molar-refractivity contribution < 1.29 is 13.9 Å². The maximum Gasteiger partial charge on any atom is 0.226 e. The molecule has 0 bridgehead atoms. The zero-order valence-corrected chi connectivity index (χ0v) is 14.2. The van der Waals surface area contributed by atoms with Crippen LogP contribution in [0.2, 0.25) is 0 Å². The summed E-state index contributed by atoms with van der Waals surface area (Å²) in [6, 6.07) is 0.0775. The highest BCUT2D eigenvalue weighted by Crippen LogP contribution is 2.36. The molecule has 1 N–H and O–H groups in total. The van der Waals surface area contributed by atoms with Crippen molar-refractivity contribution >= 4 is 11.9 Å². The summed E-state index contributed by atoms with van der Waals surface area (Å²) in [5.41, 5.74) is -0.280. The number of carbonyl (C=O) groups excluding carboxylic acids is 1. The Bertz CT molecular complexity index is 658. The Balaban J connectivity index is 1.37. The zero-order valence-electron chi connectivity index (χ0n) is 14.2. The summed E-state index contributed by atoms with van der Waals surface area (Å²) >= 11 is 0. The summed E-state index contributed by atoms with van der Waals surface area (Å²) in [5, 5.41) is 3.21. The minimum absolute atomic E-state index is 0.0775. The van der Waals surface area contributed by atoms with Crippen molar-refractivity contribution in [1.82, 2.24) is 14.9 Å². The van der Waals surface area contributed by atoms with Gasteiger partial charge in [0.05, 0.1) is 30.6 Å². The van der Waals surface area contributed by atoms with E-state index < -0.39 is 5.82 Å². The normalized spacial score (nSPS) is 29.5. The van der Waals surface area contributed by atoms with Crippen molar-refractivity contribution in [2.75, 3.05) is 25.0 Å². The number of hydrogen-bond donors (Lipinski definition) is 1. The lowest BCUT2D eigenvalue weighted by atomic mass is 9.88. The van der Waals surface area contributed by atoms with Crippen LogP contribution in [0.3, 0.4) is 0 Å². The number of hydrogen-bond acceptors (Lipinski definition) is 5. The molecule has 1 spiro atoms. The summed E-state index contributed by atoms with van der Waals surface area (Å²) in [7, 11) is 0. The molecule has 0 aromatic carbocycles. The van der Waals surface area contributed by atoms with Crippen LogP contribution in [0.4, 0.5) is 10.3 Å². The third-order valence-electron chi connectivity index (χ3n) is 5.37. The molecule has 1 aromatic heterocycles. The molecule has 134 valence electrons. The molecule has 1 amide bonds. The predicted molar refractivity (Wildman–Crippen MR) is 90.4 cm³/mol. The molecular formula is C18H23FN4O2.